The molecule has 0 aromatic carbocycles. The quantitative estimate of drug-likeness (QED) is 0.368. The number of halogens is 3. The third-order valence-corrected chi connectivity index (χ3v) is 6.29. The molecule has 0 saturated carbocycles. The molecule has 2 rings (SSSR count). The first kappa shape index (κ1) is 18.8. The molecule has 128 valence electrons. The predicted octanol–water partition coefficient (Wildman–Crippen LogP) is 4.68. The second-order valence-electron chi connectivity index (χ2n) is 5.78. The molecule has 2 aromatic rings. The molecule has 0 radical (unpaired) electrons. The van der Waals surface area contributed by atoms with Crippen LogP contribution in [0.15, 0.2) is 10.7 Å². The highest BCUT2D eigenvalue weighted by atomic mass is 79.9. The van der Waals surface area contributed by atoms with Gasteiger partial charge in [0, 0.05) is 5.75 Å². The lowest BCUT2D eigenvalue weighted by Gasteiger charge is -2.24. The fraction of sp³-hybridized carbons (Fsp3) is 0.462. The maximum atomic E-state index is 11.0. The summed E-state index contributed by atoms with van der Waals surface area (Å²) >= 11 is 15.7. The molecule has 0 aliphatic carbocycles. The molecule has 0 spiro atoms. The van der Waals surface area contributed by atoms with Crippen molar-refractivity contribution in [3.8, 4) is 0 Å². The molecule has 0 aliphatic heterocycles. The molecule has 2 aromatic heterocycles. The smallest absolute Gasteiger partial charge is 0.306 e. The van der Waals surface area contributed by atoms with Crippen molar-refractivity contribution >= 4 is 65.9 Å². The summed E-state index contributed by atoms with van der Waals surface area (Å²) in [5, 5.41) is 11.7. The number of ether oxygens (including phenoxy) is 1. The molecule has 0 unspecified atom stereocenters. The zero-order valence-electron chi connectivity index (χ0n) is 12.8. The summed E-state index contributed by atoms with van der Waals surface area (Å²) in [6.07, 6.45) is 7.77. The third kappa shape index (κ3) is 4.11. The van der Waals surface area contributed by atoms with Gasteiger partial charge in [0.25, 0.3) is 0 Å². The minimum atomic E-state index is -0.636. The lowest BCUT2D eigenvalue weighted by Crippen LogP contribution is -2.10. The summed E-state index contributed by atoms with van der Waals surface area (Å²) in [5.74, 6) is 0.977. The van der Waals surface area contributed by atoms with E-state index in [2.05, 4.69) is 39.7 Å². The van der Waals surface area contributed by atoms with Crippen LogP contribution in [-0.2, 0) is 11.5 Å². The number of pyridine rings is 1. The first-order valence-corrected chi connectivity index (χ1v) is 11.1. The van der Waals surface area contributed by atoms with E-state index in [1.165, 1.54) is 0 Å². The summed E-state index contributed by atoms with van der Waals surface area (Å²) in [4.78, 5) is 14.5. The summed E-state index contributed by atoms with van der Waals surface area (Å²) in [6.45, 7) is 0.810. The Morgan fingerprint density at radius 3 is 2.65 bits per heavy atom. The molecule has 0 aliphatic rings. The van der Waals surface area contributed by atoms with Crippen molar-refractivity contribution in [3.05, 3.63) is 31.0 Å². The van der Waals surface area contributed by atoms with Crippen molar-refractivity contribution in [1.82, 2.24) is 9.55 Å². The van der Waals surface area contributed by atoms with E-state index in [0.29, 0.717) is 27.3 Å². The number of nitro groups is 1. The molecular weight excluding hydrogens is 429 g/mol. The zero-order valence-corrected chi connectivity index (χ0v) is 16.7. The molecule has 6 nitrogen and oxygen atoms in total. The van der Waals surface area contributed by atoms with E-state index < -0.39 is 15.0 Å². The summed E-state index contributed by atoms with van der Waals surface area (Å²) in [7, 11) is -0.636. The fourth-order valence-electron chi connectivity index (χ4n) is 1.89. The van der Waals surface area contributed by atoms with E-state index in [1.807, 2.05) is 0 Å². The van der Waals surface area contributed by atoms with Crippen molar-refractivity contribution in [2.45, 2.75) is 6.73 Å². The highest BCUT2D eigenvalue weighted by Gasteiger charge is 2.24. The SMILES string of the molecule is CS(C)(C)CCOCn1c(Cl)c(Br)c2c(Cl)c([N+](=O)[O-])cnc21. The second-order valence-corrected chi connectivity index (χ2v) is 11.9. The Hall–Kier alpha value is -0.540. The Morgan fingerprint density at radius 2 is 2.09 bits per heavy atom. The number of hydrogen-bond donors (Lipinski definition) is 0. The van der Waals surface area contributed by atoms with Gasteiger partial charge in [-0.15, -0.1) is 0 Å². The standard InChI is InChI=1S/C13H16BrCl2N3O3S/c1-23(2,3)5-4-22-7-18-12(16)10(14)9-11(15)8(19(20)21)6-17-13(9)18/h6H,4-5,7H2,1-3H3. The van der Waals surface area contributed by atoms with Crippen LogP contribution >= 0.6 is 49.2 Å². The molecule has 0 amide bonds. The largest absolute Gasteiger partial charge is 0.360 e. The van der Waals surface area contributed by atoms with Crippen LogP contribution in [-0.4, -0.2) is 45.6 Å². The van der Waals surface area contributed by atoms with Crippen molar-refractivity contribution < 1.29 is 9.66 Å². The van der Waals surface area contributed by atoms with E-state index in [-0.39, 0.29) is 17.4 Å². The Balaban J connectivity index is 2.33. The average Bonchev–Trinajstić information content (AvgIpc) is 2.67. The topological polar surface area (TPSA) is 70.2 Å². The average molecular weight is 445 g/mol. The third-order valence-electron chi connectivity index (χ3n) is 3.13. The lowest BCUT2D eigenvalue weighted by molar-refractivity contribution is -0.384. The van der Waals surface area contributed by atoms with Crippen molar-refractivity contribution in [2.24, 2.45) is 0 Å². The van der Waals surface area contributed by atoms with Crippen molar-refractivity contribution in [1.29, 1.82) is 0 Å². The van der Waals surface area contributed by atoms with Crippen LogP contribution in [0.25, 0.3) is 11.0 Å². The number of hydrogen-bond acceptors (Lipinski definition) is 4. The number of rotatable bonds is 6. The van der Waals surface area contributed by atoms with Gasteiger partial charge < -0.3 is 4.74 Å². The van der Waals surface area contributed by atoms with Gasteiger partial charge in [0.15, 0.2) is 0 Å². The Labute approximate surface area is 153 Å². The first-order valence-electron chi connectivity index (χ1n) is 6.53. The maximum absolute atomic E-state index is 11.0. The summed E-state index contributed by atoms with van der Waals surface area (Å²) in [6, 6.07) is 0. The van der Waals surface area contributed by atoms with Crippen LogP contribution in [0.2, 0.25) is 10.2 Å². The highest BCUT2D eigenvalue weighted by molar-refractivity contribution is 9.10. The van der Waals surface area contributed by atoms with E-state index in [0.717, 1.165) is 11.9 Å². The van der Waals surface area contributed by atoms with Crippen LogP contribution < -0.4 is 0 Å². The molecule has 10 heteroatoms. The predicted molar refractivity (Wildman–Crippen MR) is 100 cm³/mol. The minimum Gasteiger partial charge on any atom is -0.360 e. The van der Waals surface area contributed by atoms with E-state index in [1.54, 1.807) is 4.57 Å². The van der Waals surface area contributed by atoms with E-state index in [9.17, 15) is 10.1 Å². The van der Waals surface area contributed by atoms with E-state index >= 15 is 0 Å². The number of aromatic nitrogens is 2. The minimum absolute atomic E-state index is 0.00617. The van der Waals surface area contributed by atoms with Gasteiger partial charge in [-0.1, -0.05) is 23.2 Å². The Kier molecular flexibility index (Phi) is 5.84. The number of fused-ring (bicyclic) bond motifs is 1. The van der Waals surface area contributed by atoms with E-state index in [4.69, 9.17) is 27.9 Å². The molecule has 0 N–H and O–H groups in total. The van der Waals surface area contributed by atoms with Crippen LogP contribution in [0.3, 0.4) is 0 Å². The van der Waals surface area contributed by atoms with Gasteiger partial charge in [-0.25, -0.2) is 15.0 Å². The van der Waals surface area contributed by atoms with Crippen molar-refractivity contribution in [2.75, 3.05) is 31.1 Å². The molecule has 0 atom stereocenters. The van der Waals surface area contributed by atoms with Gasteiger partial charge in [-0.2, -0.15) is 0 Å². The van der Waals surface area contributed by atoms with Gasteiger partial charge in [0.1, 0.15) is 28.8 Å². The monoisotopic (exact) mass is 443 g/mol. The van der Waals surface area contributed by atoms with Crippen LogP contribution in [0, 0.1) is 10.1 Å². The normalized spacial score (nSPS) is 12.8. The van der Waals surface area contributed by atoms with Crippen molar-refractivity contribution in [3.63, 3.8) is 0 Å². The van der Waals surface area contributed by atoms with Gasteiger partial charge in [-0.3, -0.25) is 14.7 Å². The van der Waals surface area contributed by atoms with Crippen LogP contribution in [0.4, 0.5) is 5.69 Å². The first-order chi connectivity index (χ1) is 10.6. The summed E-state index contributed by atoms with van der Waals surface area (Å²) in [5.41, 5.74) is 0.187. The fourth-order valence-corrected chi connectivity index (χ4v) is 3.74. The second kappa shape index (κ2) is 7.14. The van der Waals surface area contributed by atoms with Crippen LogP contribution in [0.5, 0.6) is 0 Å². The lowest BCUT2D eigenvalue weighted by atomic mass is 10.3. The summed E-state index contributed by atoms with van der Waals surface area (Å²) < 4.78 is 7.78. The van der Waals surface area contributed by atoms with Gasteiger partial charge in [0.05, 0.1) is 21.4 Å². The molecule has 0 fully saturated rings. The zero-order chi connectivity index (χ0) is 17.4. The molecule has 23 heavy (non-hydrogen) atoms. The molecule has 2 heterocycles. The van der Waals surface area contributed by atoms with Crippen LogP contribution in [0.1, 0.15) is 0 Å². The maximum Gasteiger partial charge on any atom is 0.306 e. The number of nitrogens with zero attached hydrogens (tertiary/aromatic N) is 3. The van der Waals surface area contributed by atoms with Gasteiger partial charge in [0.2, 0.25) is 0 Å². The molecule has 0 bridgehead atoms. The Morgan fingerprint density at radius 1 is 1.43 bits per heavy atom. The molecule has 0 saturated heterocycles. The van der Waals surface area contributed by atoms with Gasteiger partial charge >= 0.3 is 5.69 Å². The Bertz CT molecular complexity index is 761. The highest BCUT2D eigenvalue weighted by Crippen LogP contribution is 2.41. The van der Waals surface area contributed by atoms with Gasteiger partial charge in [-0.05, 0) is 34.7 Å². The molecular formula is C13H16BrCl2N3O3S.